The monoisotopic (exact) mass is 319 g/mol. The minimum Gasteiger partial charge on any atom is -0.306 e. The van der Waals surface area contributed by atoms with Crippen molar-refractivity contribution in [1.29, 1.82) is 0 Å². The fraction of sp³-hybridized carbons (Fsp3) is 0.182. The molecule has 0 fully saturated rings. The van der Waals surface area contributed by atoms with Gasteiger partial charge in [-0.1, -0.05) is 72.3 Å². The van der Waals surface area contributed by atoms with E-state index in [4.69, 9.17) is 0 Å². The Labute approximate surface area is 143 Å². The number of rotatable bonds is 6. The fourth-order valence-electron chi connectivity index (χ4n) is 2.80. The maximum absolute atomic E-state index is 13.3. The molecular weight excluding hydrogens is 297 g/mol. The molecule has 0 saturated heterocycles. The zero-order valence-corrected chi connectivity index (χ0v) is 13.9. The predicted molar refractivity (Wildman–Crippen MR) is 97.3 cm³/mol. The molecule has 122 valence electrons. The van der Waals surface area contributed by atoms with E-state index >= 15 is 0 Å². The van der Waals surface area contributed by atoms with Crippen LogP contribution in [0.5, 0.6) is 0 Å². The van der Waals surface area contributed by atoms with Crippen LogP contribution in [0.25, 0.3) is 0 Å². The van der Waals surface area contributed by atoms with Gasteiger partial charge in [0.1, 0.15) is 5.82 Å². The van der Waals surface area contributed by atoms with Crippen molar-refractivity contribution in [3.8, 4) is 0 Å². The SMILES string of the molecule is Cc1ccc(C[C@@H](NCc2ccccc2)c2ccc(F)cc2)cc1. The van der Waals surface area contributed by atoms with E-state index in [9.17, 15) is 4.39 Å². The average Bonchev–Trinajstić information content (AvgIpc) is 2.62. The first-order chi connectivity index (χ1) is 11.7. The summed E-state index contributed by atoms with van der Waals surface area (Å²) in [4.78, 5) is 0. The van der Waals surface area contributed by atoms with Gasteiger partial charge in [0, 0.05) is 12.6 Å². The van der Waals surface area contributed by atoms with Crippen molar-refractivity contribution in [2.75, 3.05) is 0 Å². The molecule has 1 nitrogen and oxygen atoms in total. The third-order valence-corrected chi connectivity index (χ3v) is 4.23. The summed E-state index contributed by atoms with van der Waals surface area (Å²) in [5, 5.41) is 3.61. The minimum absolute atomic E-state index is 0.147. The maximum atomic E-state index is 13.3. The lowest BCUT2D eigenvalue weighted by Gasteiger charge is -2.20. The van der Waals surface area contributed by atoms with Crippen molar-refractivity contribution in [2.45, 2.75) is 25.9 Å². The Bertz CT molecular complexity index is 748. The van der Waals surface area contributed by atoms with E-state index in [-0.39, 0.29) is 11.9 Å². The predicted octanol–water partition coefficient (Wildman–Crippen LogP) is 5.21. The van der Waals surface area contributed by atoms with Crippen LogP contribution in [0.3, 0.4) is 0 Å². The molecule has 2 heteroatoms. The smallest absolute Gasteiger partial charge is 0.123 e. The van der Waals surface area contributed by atoms with Crippen LogP contribution in [-0.4, -0.2) is 0 Å². The van der Waals surface area contributed by atoms with Gasteiger partial charge in [-0.05, 0) is 42.2 Å². The van der Waals surface area contributed by atoms with E-state index in [1.165, 1.54) is 28.8 Å². The van der Waals surface area contributed by atoms with Crippen LogP contribution in [-0.2, 0) is 13.0 Å². The van der Waals surface area contributed by atoms with Gasteiger partial charge in [0.25, 0.3) is 0 Å². The first-order valence-corrected chi connectivity index (χ1v) is 8.29. The Hall–Kier alpha value is -2.45. The molecule has 0 unspecified atom stereocenters. The number of nitrogens with one attached hydrogen (secondary N) is 1. The lowest BCUT2D eigenvalue weighted by atomic mass is 9.98. The van der Waals surface area contributed by atoms with Gasteiger partial charge >= 0.3 is 0 Å². The fourth-order valence-corrected chi connectivity index (χ4v) is 2.80. The lowest BCUT2D eigenvalue weighted by molar-refractivity contribution is 0.528. The summed E-state index contributed by atoms with van der Waals surface area (Å²) in [7, 11) is 0. The topological polar surface area (TPSA) is 12.0 Å². The van der Waals surface area contributed by atoms with Crippen LogP contribution in [0.1, 0.15) is 28.3 Å². The molecule has 0 aliphatic carbocycles. The number of benzene rings is 3. The summed E-state index contributed by atoms with van der Waals surface area (Å²) in [6.45, 7) is 2.88. The maximum Gasteiger partial charge on any atom is 0.123 e. The lowest BCUT2D eigenvalue weighted by Crippen LogP contribution is -2.23. The van der Waals surface area contributed by atoms with Crippen molar-refractivity contribution in [3.63, 3.8) is 0 Å². The quantitative estimate of drug-likeness (QED) is 0.658. The highest BCUT2D eigenvalue weighted by Crippen LogP contribution is 2.20. The van der Waals surface area contributed by atoms with E-state index in [1.54, 1.807) is 0 Å². The molecule has 0 bridgehead atoms. The Morgan fingerprint density at radius 1 is 0.792 bits per heavy atom. The first-order valence-electron chi connectivity index (χ1n) is 8.29. The van der Waals surface area contributed by atoms with Gasteiger partial charge < -0.3 is 5.32 Å². The highest BCUT2D eigenvalue weighted by Gasteiger charge is 2.12. The van der Waals surface area contributed by atoms with Crippen LogP contribution < -0.4 is 5.32 Å². The van der Waals surface area contributed by atoms with Gasteiger partial charge in [-0.15, -0.1) is 0 Å². The van der Waals surface area contributed by atoms with Gasteiger partial charge in [-0.3, -0.25) is 0 Å². The van der Waals surface area contributed by atoms with Crippen LogP contribution in [0.15, 0.2) is 78.9 Å². The van der Waals surface area contributed by atoms with Crippen LogP contribution in [0, 0.1) is 12.7 Å². The number of hydrogen-bond donors (Lipinski definition) is 1. The molecule has 0 aliphatic heterocycles. The Morgan fingerprint density at radius 2 is 1.46 bits per heavy atom. The van der Waals surface area contributed by atoms with Crippen molar-refractivity contribution in [3.05, 3.63) is 107 Å². The van der Waals surface area contributed by atoms with Crippen molar-refractivity contribution in [2.24, 2.45) is 0 Å². The molecule has 3 rings (SSSR count). The van der Waals surface area contributed by atoms with E-state index < -0.39 is 0 Å². The van der Waals surface area contributed by atoms with Gasteiger partial charge in [0.15, 0.2) is 0 Å². The van der Waals surface area contributed by atoms with E-state index in [0.29, 0.717) is 0 Å². The summed E-state index contributed by atoms with van der Waals surface area (Å²) in [5.41, 5.74) is 4.88. The highest BCUT2D eigenvalue weighted by molar-refractivity contribution is 5.27. The average molecular weight is 319 g/mol. The molecule has 0 saturated carbocycles. The summed E-state index contributed by atoms with van der Waals surface area (Å²) in [6.07, 6.45) is 0.874. The molecule has 0 heterocycles. The summed E-state index contributed by atoms with van der Waals surface area (Å²) < 4.78 is 13.3. The Balaban J connectivity index is 1.77. The molecule has 0 radical (unpaired) electrons. The zero-order chi connectivity index (χ0) is 16.8. The van der Waals surface area contributed by atoms with Gasteiger partial charge in [0.05, 0.1) is 0 Å². The van der Waals surface area contributed by atoms with Crippen LogP contribution >= 0.6 is 0 Å². The Kier molecular flexibility index (Phi) is 5.39. The highest BCUT2D eigenvalue weighted by atomic mass is 19.1. The molecule has 0 aromatic heterocycles. The summed E-state index contributed by atoms with van der Waals surface area (Å²) in [6, 6.07) is 25.9. The standard InChI is InChI=1S/C22H22FN/c1-17-7-9-18(10-8-17)15-22(20-11-13-21(23)14-12-20)24-16-19-5-3-2-4-6-19/h2-14,22,24H,15-16H2,1H3/t22-/m1/s1. The second-order valence-electron chi connectivity index (χ2n) is 6.16. The third kappa shape index (κ3) is 4.53. The molecular formula is C22H22FN. The van der Waals surface area contributed by atoms with Crippen LogP contribution in [0.2, 0.25) is 0 Å². The normalized spacial score (nSPS) is 12.1. The molecule has 3 aromatic carbocycles. The summed E-state index contributed by atoms with van der Waals surface area (Å²) in [5.74, 6) is -0.198. The second kappa shape index (κ2) is 7.89. The molecule has 1 atom stereocenters. The Morgan fingerprint density at radius 3 is 2.12 bits per heavy atom. The van der Waals surface area contributed by atoms with Crippen LogP contribution in [0.4, 0.5) is 4.39 Å². The number of aryl methyl sites for hydroxylation is 1. The van der Waals surface area contributed by atoms with E-state index in [1.807, 2.05) is 30.3 Å². The van der Waals surface area contributed by atoms with Gasteiger partial charge in [0.2, 0.25) is 0 Å². The van der Waals surface area contributed by atoms with E-state index in [2.05, 4.69) is 48.6 Å². The largest absolute Gasteiger partial charge is 0.306 e. The van der Waals surface area contributed by atoms with E-state index in [0.717, 1.165) is 18.5 Å². The molecule has 0 amide bonds. The zero-order valence-electron chi connectivity index (χ0n) is 13.9. The third-order valence-electron chi connectivity index (χ3n) is 4.23. The summed E-state index contributed by atoms with van der Waals surface area (Å²) >= 11 is 0. The molecule has 0 spiro atoms. The van der Waals surface area contributed by atoms with Gasteiger partial charge in [-0.25, -0.2) is 4.39 Å². The molecule has 1 N–H and O–H groups in total. The van der Waals surface area contributed by atoms with Gasteiger partial charge in [-0.2, -0.15) is 0 Å². The minimum atomic E-state index is -0.198. The number of halogens is 1. The second-order valence-corrected chi connectivity index (χ2v) is 6.16. The van der Waals surface area contributed by atoms with Crippen molar-refractivity contribution < 1.29 is 4.39 Å². The number of hydrogen-bond acceptors (Lipinski definition) is 1. The molecule has 24 heavy (non-hydrogen) atoms. The van der Waals surface area contributed by atoms with Crippen molar-refractivity contribution in [1.82, 2.24) is 5.32 Å². The molecule has 0 aliphatic rings. The van der Waals surface area contributed by atoms with Crippen molar-refractivity contribution >= 4 is 0 Å². The molecule has 3 aromatic rings. The first kappa shape index (κ1) is 16.4.